The van der Waals surface area contributed by atoms with Crippen LogP contribution in [0.4, 0.5) is 0 Å². The van der Waals surface area contributed by atoms with Crippen LogP contribution in [-0.4, -0.2) is 37.7 Å². The Bertz CT molecular complexity index is 570. The van der Waals surface area contributed by atoms with Crippen molar-refractivity contribution in [3.05, 3.63) is 29.2 Å². The van der Waals surface area contributed by atoms with Gasteiger partial charge in [0.1, 0.15) is 12.1 Å². The number of aromatic nitrogens is 4. The normalized spacial score (nSPS) is 19.1. The number of amides is 1. The SMILES string of the molecule is Cc1noc(C)c1[C@H]1CCCN1C(=O)c1ncn[nH]1. The predicted molar refractivity (Wildman–Crippen MR) is 65.4 cm³/mol. The molecule has 0 spiro atoms. The lowest BCUT2D eigenvalue weighted by Crippen LogP contribution is -2.31. The van der Waals surface area contributed by atoms with Crippen LogP contribution in [0.3, 0.4) is 0 Å². The van der Waals surface area contributed by atoms with Crippen LogP contribution in [-0.2, 0) is 0 Å². The Labute approximate surface area is 110 Å². The molecule has 3 rings (SSSR count). The molecule has 0 saturated carbocycles. The molecule has 1 saturated heterocycles. The molecule has 0 aromatic carbocycles. The van der Waals surface area contributed by atoms with E-state index in [1.807, 2.05) is 18.7 Å². The molecule has 0 aliphatic carbocycles. The van der Waals surface area contributed by atoms with E-state index in [4.69, 9.17) is 4.52 Å². The van der Waals surface area contributed by atoms with Crippen molar-refractivity contribution in [2.24, 2.45) is 0 Å². The minimum atomic E-state index is -0.125. The molecule has 2 aromatic heterocycles. The first-order valence-corrected chi connectivity index (χ1v) is 6.27. The summed E-state index contributed by atoms with van der Waals surface area (Å²) in [5, 5.41) is 10.3. The van der Waals surface area contributed by atoms with E-state index in [2.05, 4.69) is 20.3 Å². The number of nitrogens with one attached hydrogen (secondary N) is 1. The van der Waals surface area contributed by atoms with Crippen LogP contribution in [0.25, 0.3) is 0 Å². The summed E-state index contributed by atoms with van der Waals surface area (Å²) in [6.45, 7) is 4.50. The molecule has 0 unspecified atom stereocenters. The third-order valence-electron chi connectivity index (χ3n) is 3.55. The third kappa shape index (κ3) is 1.91. The summed E-state index contributed by atoms with van der Waals surface area (Å²) in [6.07, 6.45) is 3.23. The quantitative estimate of drug-likeness (QED) is 0.882. The Morgan fingerprint density at radius 3 is 3.00 bits per heavy atom. The Hall–Kier alpha value is -2.18. The second-order valence-electron chi connectivity index (χ2n) is 4.73. The molecule has 1 atom stereocenters. The maximum absolute atomic E-state index is 12.4. The number of H-pyrrole nitrogens is 1. The first-order valence-electron chi connectivity index (χ1n) is 6.27. The summed E-state index contributed by atoms with van der Waals surface area (Å²) in [5.41, 5.74) is 1.87. The van der Waals surface area contributed by atoms with Gasteiger partial charge in [0.2, 0.25) is 5.82 Å². The van der Waals surface area contributed by atoms with E-state index in [0.717, 1.165) is 29.9 Å². The summed E-state index contributed by atoms with van der Waals surface area (Å²) >= 11 is 0. The molecular weight excluding hydrogens is 246 g/mol. The highest BCUT2D eigenvalue weighted by molar-refractivity contribution is 5.90. The van der Waals surface area contributed by atoms with Crippen LogP contribution in [0.15, 0.2) is 10.9 Å². The molecule has 1 fully saturated rings. The van der Waals surface area contributed by atoms with E-state index in [-0.39, 0.29) is 17.8 Å². The third-order valence-corrected chi connectivity index (χ3v) is 3.55. The summed E-state index contributed by atoms with van der Waals surface area (Å²) in [4.78, 5) is 18.1. The largest absolute Gasteiger partial charge is 0.361 e. The van der Waals surface area contributed by atoms with Gasteiger partial charge in [-0.2, -0.15) is 5.10 Å². The first-order chi connectivity index (χ1) is 9.18. The van der Waals surface area contributed by atoms with Gasteiger partial charge in [0.25, 0.3) is 5.91 Å². The fourth-order valence-corrected chi connectivity index (χ4v) is 2.72. The van der Waals surface area contributed by atoms with Crippen molar-refractivity contribution >= 4 is 5.91 Å². The molecule has 7 nitrogen and oxygen atoms in total. The monoisotopic (exact) mass is 261 g/mol. The highest BCUT2D eigenvalue weighted by atomic mass is 16.5. The minimum absolute atomic E-state index is 0.0175. The lowest BCUT2D eigenvalue weighted by atomic mass is 10.0. The standard InChI is InChI=1S/C12H15N5O2/c1-7-10(8(2)19-16-7)9-4-3-5-17(9)12(18)11-13-6-14-15-11/h6,9H,3-5H2,1-2H3,(H,13,14,15)/t9-/m1/s1. The maximum atomic E-state index is 12.4. The highest BCUT2D eigenvalue weighted by Crippen LogP contribution is 2.36. The van der Waals surface area contributed by atoms with Gasteiger partial charge in [-0.15, -0.1) is 0 Å². The van der Waals surface area contributed by atoms with Crippen LogP contribution in [0.2, 0.25) is 0 Å². The van der Waals surface area contributed by atoms with Gasteiger partial charge >= 0.3 is 0 Å². The topological polar surface area (TPSA) is 87.9 Å². The van der Waals surface area contributed by atoms with Crippen LogP contribution in [0, 0.1) is 13.8 Å². The summed E-state index contributed by atoms with van der Waals surface area (Å²) in [5.74, 6) is 0.929. The van der Waals surface area contributed by atoms with Gasteiger partial charge in [0.15, 0.2) is 0 Å². The van der Waals surface area contributed by atoms with E-state index in [1.54, 1.807) is 0 Å². The van der Waals surface area contributed by atoms with Gasteiger partial charge in [-0.25, -0.2) is 4.98 Å². The zero-order valence-electron chi connectivity index (χ0n) is 10.9. The highest BCUT2D eigenvalue weighted by Gasteiger charge is 2.35. The fourth-order valence-electron chi connectivity index (χ4n) is 2.72. The number of hydrogen-bond donors (Lipinski definition) is 1. The Morgan fingerprint density at radius 1 is 1.53 bits per heavy atom. The van der Waals surface area contributed by atoms with Crippen molar-refractivity contribution in [1.29, 1.82) is 0 Å². The lowest BCUT2D eigenvalue weighted by Gasteiger charge is -2.23. The number of likely N-dealkylation sites (tertiary alicyclic amines) is 1. The summed E-state index contributed by atoms with van der Waals surface area (Å²) < 4.78 is 5.20. The zero-order chi connectivity index (χ0) is 13.4. The molecule has 0 radical (unpaired) electrons. The average Bonchev–Trinajstić information content (AvgIpc) is 3.10. The molecule has 2 aromatic rings. The lowest BCUT2D eigenvalue weighted by molar-refractivity contribution is 0.0722. The molecule has 1 N–H and O–H groups in total. The van der Waals surface area contributed by atoms with Crippen molar-refractivity contribution < 1.29 is 9.32 Å². The molecule has 1 aliphatic heterocycles. The van der Waals surface area contributed by atoms with Crippen molar-refractivity contribution in [2.45, 2.75) is 32.7 Å². The minimum Gasteiger partial charge on any atom is -0.361 e. The Morgan fingerprint density at radius 2 is 2.37 bits per heavy atom. The number of aromatic amines is 1. The van der Waals surface area contributed by atoms with Gasteiger partial charge < -0.3 is 9.42 Å². The molecule has 1 aliphatic rings. The van der Waals surface area contributed by atoms with Gasteiger partial charge in [0, 0.05) is 12.1 Å². The van der Waals surface area contributed by atoms with Crippen molar-refractivity contribution in [1.82, 2.24) is 25.2 Å². The number of rotatable bonds is 2. The van der Waals surface area contributed by atoms with Crippen LogP contribution in [0.1, 0.15) is 46.5 Å². The second kappa shape index (κ2) is 4.49. The van der Waals surface area contributed by atoms with E-state index in [9.17, 15) is 4.79 Å². The van der Waals surface area contributed by atoms with Crippen molar-refractivity contribution in [3.63, 3.8) is 0 Å². The average molecular weight is 261 g/mol. The van der Waals surface area contributed by atoms with E-state index >= 15 is 0 Å². The number of carbonyl (C=O) groups is 1. The smallest absolute Gasteiger partial charge is 0.291 e. The van der Waals surface area contributed by atoms with E-state index in [0.29, 0.717) is 6.54 Å². The van der Waals surface area contributed by atoms with Gasteiger partial charge in [-0.1, -0.05) is 5.16 Å². The predicted octanol–water partition coefficient (Wildman–Crippen LogP) is 1.39. The molecule has 3 heterocycles. The van der Waals surface area contributed by atoms with Gasteiger partial charge in [-0.05, 0) is 26.7 Å². The van der Waals surface area contributed by atoms with Crippen LogP contribution < -0.4 is 0 Å². The van der Waals surface area contributed by atoms with Gasteiger partial charge in [0.05, 0.1) is 11.7 Å². The molecule has 1 amide bonds. The molecule has 19 heavy (non-hydrogen) atoms. The van der Waals surface area contributed by atoms with Crippen molar-refractivity contribution in [2.75, 3.05) is 6.54 Å². The maximum Gasteiger partial charge on any atom is 0.291 e. The first kappa shape index (κ1) is 11.9. The zero-order valence-corrected chi connectivity index (χ0v) is 10.9. The van der Waals surface area contributed by atoms with E-state index in [1.165, 1.54) is 6.33 Å². The van der Waals surface area contributed by atoms with Crippen LogP contribution in [0.5, 0.6) is 0 Å². The second-order valence-corrected chi connectivity index (χ2v) is 4.73. The molecular formula is C12H15N5O2. The van der Waals surface area contributed by atoms with Crippen molar-refractivity contribution in [3.8, 4) is 0 Å². The van der Waals surface area contributed by atoms with Gasteiger partial charge in [-0.3, -0.25) is 9.89 Å². The number of hydrogen-bond acceptors (Lipinski definition) is 5. The molecule has 100 valence electrons. The number of aryl methyl sites for hydroxylation is 2. The number of nitrogens with zero attached hydrogens (tertiary/aromatic N) is 4. The summed E-state index contributed by atoms with van der Waals surface area (Å²) in [6, 6.07) is 0.0175. The molecule has 0 bridgehead atoms. The Balaban J connectivity index is 1.92. The summed E-state index contributed by atoms with van der Waals surface area (Å²) in [7, 11) is 0. The molecule has 7 heteroatoms. The number of carbonyl (C=O) groups excluding carboxylic acids is 1. The van der Waals surface area contributed by atoms with E-state index < -0.39 is 0 Å². The fraction of sp³-hybridized carbons (Fsp3) is 0.500. The van der Waals surface area contributed by atoms with Crippen LogP contribution >= 0.6 is 0 Å². The Kier molecular flexibility index (Phi) is 2.81.